The summed E-state index contributed by atoms with van der Waals surface area (Å²) in [5.41, 5.74) is 5.02. The van der Waals surface area contributed by atoms with Crippen molar-refractivity contribution in [1.29, 1.82) is 0 Å². The number of benzene rings is 1. The van der Waals surface area contributed by atoms with Crippen molar-refractivity contribution in [2.75, 3.05) is 14.2 Å². The molecular formula is C10H12FNO5. The molecule has 1 atom stereocenters. The zero-order valence-electron chi connectivity index (χ0n) is 9.23. The molecule has 0 heterocycles. The number of phenols is 1. The van der Waals surface area contributed by atoms with Gasteiger partial charge in [-0.15, -0.1) is 0 Å². The van der Waals surface area contributed by atoms with Crippen LogP contribution in [0.2, 0.25) is 0 Å². The monoisotopic (exact) mass is 245 g/mol. The van der Waals surface area contributed by atoms with Gasteiger partial charge in [0.25, 0.3) is 0 Å². The van der Waals surface area contributed by atoms with Crippen LogP contribution in [-0.2, 0) is 4.79 Å². The van der Waals surface area contributed by atoms with Crippen molar-refractivity contribution in [3.05, 3.63) is 17.4 Å². The Kier molecular flexibility index (Phi) is 3.74. The Morgan fingerprint density at radius 2 is 2.06 bits per heavy atom. The summed E-state index contributed by atoms with van der Waals surface area (Å²) in [5.74, 6) is -3.73. The molecule has 0 aliphatic carbocycles. The number of phenolic OH excluding ortho intramolecular Hbond substituents is 1. The van der Waals surface area contributed by atoms with Crippen LogP contribution in [0, 0.1) is 5.82 Å². The number of hydrogen-bond acceptors (Lipinski definition) is 5. The largest absolute Gasteiger partial charge is 0.504 e. The molecule has 0 amide bonds. The van der Waals surface area contributed by atoms with Gasteiger partial charge in [-0.2, -0.15) is 4.39 Å². The minimum atomic E-state index is -1.55. The molecule has 1 aromatic carbocycles. The van der Waals surface area contributed by atoms with Crippen LogP contribution in [0.25, 0.3) is 0 Å². The van der Waals surface area contributed by atoms with Gasteiger partial charge in [-0.3, -0.25) is 4.79 Å². The molecule has 7 heteroatoms. The van der Waals surface area contributed by atoms with E-state index in [1.165, 1.54) is 14.2 Å². The molecule has 0 spiro atoms. The molecule has 17 heavy (non-hydrogen) atoms. The van der Waals surface area contributed by atoms with Crippen LogP contribution in [-0.4, -0.2) is 30.4 Å². The molecule has 6 nitrogen and oxygen atoms in total. The summed E-state index contributed by atoms with van der Waals surface area (Å²) < 4.78 is 23.1. The Bertz CT molecular complexity index is 449. The van der Waals surface area contributed by atoms with Crippen molar-refractivity contribution >= 4 is 5.97 Å². The molecule has 0 radical (unpaired) electrons. The lowest BCUT2D eigenvalue weighted by atomic mass is 10.1. The van der Waals surface area contributed by atoms with Crippen LogP contribution in [0.4, 0.5) is 4.39 Å². The standard InChI is InChI=1S/C10H12FNO5/c1-16-5-3-4(7(12)10(14)15)8(13)6(11)9(5)17-2/h3,7,13H,12H2,1-2H3,(H,14,15). The third kappa shape index (κ3) is 2.23. The Morgan fingerprint density at radius 3 is 2.47 bits per heavy atom. The first-order valence-electron chi connectivity index (χ1n) is 4.55. The van der Waals surface area contributed by atoms with Gasteiger partial charge in [0.05, 0.1) is 14.2 Å². The molecule has 0 aromatic heterocycles. The Labute approximate surface area is 96.4 Å². The van der Waals surface area contributed by atoms with Gasteiger partial charge in [-0.05, 0) is 6.07 Å². The highest BCUT2D eigenvalue weighted by molar-refractivity contribution is 5.77. The molecule has 4 N–H and O–H groups in total. The summed E-state index contributed by atoms with van der Waals surface area (Å²) in [6.07, 6.45) is 0. The van der Waals surface area contributed by atoms with E-state index < -0.39 is 23.6 Å². The van der Waals surface area contributed by atoms with Gasteiger partial charge in [0, 0.05) is 5.56 Å². The van der Waals surface area contributed by atoms with E-state index in [4.69, 9.17) is 20.3 Å². The maximum absolute atomic E-state index is 13.6. The molecule has 0 aliphatic rings. The highest BCUT2D eigenvalue weighted by Crippen LogP contribution is 2.40. The van der Waals surface area contributed by atoms with Crippen LogP contribution in [0.1, 0.15) is 11.6 Å². The Morgan fingerprint density at radius 1 is 1.47 bits per heavy atom. The quantitative estimate of drug-likeness (QED) is 0.719. The van der Waals surface area contributed by atoms with Gasteiger partial charge in [0.2, 0.25) is 11.6 Å². The van der Waals surface area contributed by atoms with E-state index in [0.717, 1.165) is 6.07 Å². The number of halogens is 1. The summed E-state index contributed by atoms with van der Waals surface area (Å²) in [6.45, 7) is 0. The van der Waals surface area contributed by atoms with E-state index in [1.54, 1.807) is 0 Å². The summed E-state index contributed by atoms with van der Waals surface area (Å²) >= 11 is 0. The molecule has 1 rings (SSSR count). The second kappa shape index (κ2) is 4.88. The van der Waals surface area contributed by atoms with E-state index in [9.17, 15) is 14.3 Å². The number of methoxy groups -OCH3 is 2. The topological polar surface area (TPSA) is 102 Å². The first-order chi connectivity index (χ1) is 7.93. The van der Waals surface area contributed by atoms with Gasteiger partial charge in [0.15, 0.2) is 11.5 Å². The third-order valence-electron chi connectivity index (χ3n) is 2.22. The summed E-state index contributed by atoms with van der Waals surface area (Å²) in [6, 6.07) is -0.431. The smallest absolute Gasteiger partial charge is 0.325 e. The van der Waals surface area contributed by atoms with Crippen LogP contribution in [0.3, 0.4) is 0 Å². The van der Waals surface area contributed by atoms with Gasteiger partial charge < -0.3 is 25.4 Å². The molecule has 1 aromatic rings. The van der Waals surface area contributed by atoms with Crippen LogP contribution < -0.4 is 15.2 Å². The van der Waals surface area contributed by atoms with Gasteiger partial charge in [-0.1, -0.05) is 0 Å². The Hall–Kier alpha value is -2.02. The molecule has 94 valence electrons. The molecule has 1 unspecified atom stereocenters. The highest BCUT2D eigenvalue weighted by atomic mass is 19.1. The number of nitrogens with two attached hydrogens (primary N) is 1. The maximum Gasteiger partial charge on any atom is 0.325 e. The number of carbonyl (C=O) groups is 1. The van der Waals surface area contributed by atoms with E-state index >= 15 is 0 Å². The van der Waals surface area contributed by atoms with Gasteiger partial charge >= 0.3 is 5.97 Å². The zero-order chi connectivity index (χ0) is 13.2. The second-order valence-electron chi connectivity index (χ2n) is 3.18. The fraction of sp³-hybridized carbons (Fsp3) is 0.300. The molecule has 0 saturated carbocycles. The van der Waals surface area contributed by atoms with Crippen molar-refractivity contribution in [2.45, 2.75) is 6.04 Å². The normalized spacial score (nSPS) is 12.0. The zero-order valence-corrected chi connectivity index (χ0v) is 9.23. The number of rotatable bonds is 4. The van der Waals surface area contributed by atoms with E-state index in [2.05, 4.69) is 0 Å². The number of aliphatic carboxylic acids is 1. The predicted molar refractivity (Wildman–Crippen MR) is 55.7 cm³/mol. The van der Waals surface area contributed by atoms with E-state index in [0.29, 0.717) is 0 Å². The van der Waals surface area contributed by atoms with Crippen molar-refractivity contribution < 1.29 is 28.9 Å². The highest BCUT2D eigenvalue weighted by Gasteiger charge is 2.26. The lowest BCUT2D eigenvalue weighted by Gasteiger charge is -2.15. The summed E-state index contributed by atoms with van der Waals surface area (Å²) in [7, 11) is 2.45. The summed E-state index contributed by atoms with van der Waals surface area (Å²) in [4.78, 5) is 10.7. The van der Waals surface area contributed by atoms with Crippen molar-refractivity contribution in [3.63, 3.8) is 0 Å². The number of carboxylic acid groups (broad SMARTS) is 1. The maximum atomic E-state index is 13.6. The predicted octanol–water partition coefficient (Wildman–Crippen LogP) is 0.633. The van der Waals surface area contributed by atoms with Crippen molar-refractivity contribution in [3.8, 4) is 17.2 Å². The second-order valence-corrected chi connectivity index (χ2v) is 3.18. The average molecular weight is 245 g/mol. The van der Waals surface area contributed by atoms with Gasteiger partial charge in [0.1, 0.15) is 6.04 Å². The lowest BCUT2D eigenvalue weighted by Crippen LogP contribution is -2.21. The van der Waals surface area contributed by atoms with Crippen molar-refractivity contribution in [2.24, 2.45) is 5.73 Å². The van der Waals surface area contributed by atoms with E-state index in [-0.39, 0.29) is 17.1 Å². The van der Waals surface area contributed by atoms with E-state index in [1.807, 2.05) is 0 Å². The molecule has 0 aliphatic heterocycles. The fourth-order valence-corrected chi connectivity index (χ4v) is 1.33. The minimum Gasteiger partial charge on any atom is -0.504 e. The summed E-state index contributed by atoms with van der Waals surface area (Å²) in [5, 5.41) is 18.2. The Balaban J connectivity index is 3.44. The minimum absolute atomic E-state index is 0.0468. The first kappa shape index (κ1) is 13.0. The van der Waals surface area contributed by atoms with Crippen molar-refractivity contribution in [1.82, 2.24) is 0 Å². The number of ether oxygens (including phenoxy) is 2. The molecule has 0 saturated heterocycles. The average Bonchev–Trinajstić information content (AvgIpc) is 2.31. The third-order valence-corrected chi connectivity index (χ3v) is 2.22. The fourth-order valence-electron chi connectivity index (χ4n) is 1.33. The van der Waals surface area contributed by atoms with Crippen LogP contribution in [0.5, 0.6) is 17.2 Å². The molecule has 0 bridgehead atoms. The lowest BCUT2D eigenvalue weighted by molar-refractivity contribution is -0.138. The SMILES string of the molecule is COc1cc(C(N)C(=O)O)c(O)c(F)c1OC. The molecule has 0 fully saturated rings. The molecular weight excluding hydrogens is 233 g/mol. The van der Waals surface area contributed by atoms with Crippen LogP contribution >= 0.6 is 0 Å². The van der Waals surface area contributed by atoms with Gasteiger partial charge in [-0.25, -0.2) is 0 Å². The number of hydrogen-bond donors (Lipinski definition) is 3. The number of carboxylic acids is 1. The van der Waals surface area contributed by atoms with Crippen LogP contribution in [0.15, 0.2) is 6.07 Å². The first-order valence-corrected chi connectivity index (χ1v) is 4.55. The number of aromatic hydroxyl groups is 1.